The highest BCUT2D eigenvalue weighted by molar-refractivity contribution is 7.99. The molecule has 0 N–H and O–H groups in total. The average Bonchev–Trinajstić information content (AvgIpc) is 3.43. The van der Waals surface area contributed by atoms with Crippen LogP contribution in [0, 0.1) is 0 Å². The number of thiophene rings is 1. The monoisotopic (exact) mass is 432 g/mol. The van der Waals surface area contributed by atoms with Crippen molar-refractivity contribution in [3.8, 4) is 0 Å². The van der Waals surface area contributed by atoms with E-state index in [1.807, 2.05) is 0 Å². The molecule has 1 aliphatic heterocycles. The maximum atomic E-state index is 12.9. The number of hydrogen-bond donors (Lipinski definition) is 0. The third-order valence-electron chi connectivity index (χ3n) is 6.33. The highest BCUT2D eigenvalue weighted by Gasteiger charge is 2.27. The molecule has 1 saturated carbocycles. The van der Waals surface area contributed by atoms with Crippen LogP contribution >= 0.6 is 23.1 Å². The lowest BCUT2D eigenvalue weighted by Crippen LogP contribution is -2.44. The first-order chi connectivity index (χ1) is 14.3. The fourth-order valence-electron chi connectivity index (χ4n) is 4.76. The molecule has 7 heteroatoms. The van der Waals surface area contributed by atoms with Gasteiger partial charge in [0.15, 0.2) is 5.16 Å². The lowest BCUT2D eigenvalue weighted by molar-refractivity contribution is -0.132. The van der Waals surface area contributed by atoms with Crippen LogP contribution in [0.25, 0.3) is 0 Å². The van der Waals surface area contributed by atoms with Crippen molar-refractivity contribution in [2.24, 2.45) is 0 Å². The van der Waals surface area contributed by atoms with Crippen LogP contribution in [0.3, 0.4) is 0 Å². The summed E-state index contributed by atoms with van der Waals surface area (Å²) in [4.78, 5) is 16.4. The minimum Gasteiger partial charge on any atom is -0.339 e. The van der Waals surface area contributed by atoms with E-state index in [0.29, 0.717) is 17.8 Å². The predicted molar refractivity (Wildman–Crippen MR) is 120 cm³/mol. The molecule has 2 aromatic heterocycles. The van der Waals surface area contributed by atoms with E-state index in [-0.39, 0.29) is 5.91 Å². The summed E-state index contributed by atoms with van der Waals surface area (Å²) in [5, 5.41) is 12.2. The van der Waals surface area contributed by atoms with E-state index >= 15 is 0 Å². The van der Waals surface area contributed by atoms with Gasteiger partial charge in [0.2, 0.25) is 5.91 Å². The standard InChI is InChI=1S/C22H32N4OS2/c1-2-17-9-6-7-13-25(17)21(27)16-29-22-24-23-20(15-19-12-8-14-28-19)26(22)18-10-4-3-5-11-18/h8,12,14,17-18H,2-7,9-11,13,15-16H2,1H3/t17-/m0/s1. The summed E-state index contributed by atoms with van der Waals surface area (Å²) in [7, 11) is 0. The molecule has 2 fully saturated rings. The SMILES string of the molecule is CC[C@H]1CCCCN1C(=O)CSc1nnc(Cc2cccs2)n1C1CCCCC1. The van der Waals surface area contributed by atoms with E-state index in [4.69, 9.17) is 0 Å². The van der Waals surface area contributed by atoms with Crippen molar-refractivity contribution in [1.82, 2.24) is 19.7 Å². The van der Waals surface area contributed by atoms with Crippen molar-refractivity contribution in [3.63, 3.8) is 0 Å². The first-order valence-electron chi connectivity index (χ1n) is 11.1. The van der Waals surface area contributed by atoms with E-state index < -0.39 is 0 Å². The first-order valence-corrected chi connectivity index (χ1v) is 13.0. The minimum atomic E-state index is 0.263. The summed E-state index contributed by atoms with van der Waals surface area (Å²) in [6.07, 6.45) is 11.7. The minimum absolute atomic E-state index is 0.263. The van der Waals surface area contributed by atoms with Crippen LogP contribution in [0.4, 0.5) is 0 Å². The zero-order valence-corrected chi connectivity index (χ0v) is 19.0. The summed E-state index contributed by atoms with van der Waals surface area (Å²) in [5.74, 6) is 1.79. The van der Waals surface area contributed by atoms with Crippen molar-refractivity contribution in [3.05, 3.63) is 28.2 Å². The largest absolute Gasteiger partial charge is 0.339 e. The lowest BCUT2D eigenvalue weighted by Gasteiger charge is -2.35. The van der Waals surface area contributed by atoms with Gasteiger partial charge in [0.25, 0.3) is 0 Å². The second kappa shape index (κ2) is 10.1. The molecule has 4 rings (SSSR count). The fourth-order valence-corrected chi connectivity index (χ4v) is 6.38. The van der Waals surface area contributed by atoms with Crippen LogP contribution < -0.4 is 0 Å². The van der Waals surface area contributed by atoms with Crippen LogP contribution in [0.15, 0.2) is 22.7 Å². The van der Waals surface area contributed by atoms with Gasteiger partial charge in [-0.3, -0.25) is 4.79 Å². The maximum Gasteiger partial charge on any atom is 0.233 e. The van der Waals surface area contributed by atoms with Crippen molar-refractivity contribution in [2.45, 2.75) is 88.4 Å². The number of amides is 1. The topological polar surface area (TPSA) is 51.0 Å². The first kappa shape index (κ1) is 20.9. The van der Waals surface area contributed by atoms with E-state index in [0.717, 1.165) is 43.2 Å². The van der Waals surface area contributed by atoms with E-state index in [1.165, 1.54) is 43.4 Å². The molecule has 0 unspecified atom stereocenters. The van der Waals surface area contributed by atoms with Gasteiger partial charge in [0.05, 0.1) is 5.75 Å². The van der Waals surface area contributed by atoms with Gasteiger partial charge in [-0.25, -0.2) is 0 Å². The highest BCUT2D eigenvalue weighted by Crippen LogP contribution is 2.34. The summed E-state index contributed by atoms with van der Waals surface area (Å²) in [6, 6.07) is 5.16. The van der Waals surface area contributed by atoms with Crippen molar-refractivity contribution < 1.29 is 4.79 Å². The Morgan fingerprint density at radius 2 is 2.00 bits per heavy atom. The molecule has 158 valence electrons. The second-order valence-electron chi connectivity index (χ2n) is 8.25. The number of thioether (sulfide) groups is 1. The Kier molecular flexibility index (Phi) is 7.29. The Balaban J connectivity index is 1.48. The van der Waals surface area contributed by atoms with Crippen LogP contribution in [-0.4, -0.2) is 43.9 Å². The normalized spacial score (nSPS) is 20.9. The highest BCUT2D eigenvalue weighted by atomic mass is 32.2. The van der Waals surface area contributed by atoms with E-state index in [2.05, 4.69) is 44.1 Å². The van der Waals surface area contributed by atoms with Crippen molar-refractivity contribution in [2.75, 3.05) is 12.3 Å². The summed E-state index contributed by atoms with van der Waals surface area (Å²) in [5.41, 5.74) is 0. The van der Waals surface area contributed by atoms with E-state index in [9.17, 15) is 4.79 Å². The zero-order chi connectivity index (χ0) is 20.1. The summed E-state index contributed by atoms with van der Waals surface area (Å²) in [6.45, 7) is 3.11. The molecular formula is C22H32N4OS2. The summed E-state index contributed by atoms with van der Waals surface area (Å²) < 4.78 is 2.37. The van der Waals surface area contributed by atoms with Crippen LogP contribution in [0.1, 0.15) is 81.5 Å². The molecule has 0 radical (unpaired) electrons. The fraction of sp³-hybridized carbons (Fsp3) is 0.682. The number of likely N-dealkylation sites (tertiary alicyclic amines) is 1. The number of carbonyl (C=O) groups is 1. The third-order valence-corrected chi connectivity index (χ3v) is 8.14. The van der Waals surface area contributed by atoms with E-state index in [1.54, 1.807) is 23.1 Å². The van der Waals surface area contributed by atoms with Gasteiger partial charge in [-0.2, -0.15) is 0 Å². The Hall–Kier alpha value is -1.34. The van der Waals surface area contributed by atoms with Crippen LogP contribution in [0.5, 0.6) is 0 Å². The summed E-state index contributed by atoms with van der Waals surface area (Å²) >= 11 is 3.36. The number of rotatable bonds is 7. The molecule has 0 spiro atoms. The van der Waals surface area contributed by atoms with Crippen LogP contribution in [-0.2, 0) is 11.2 Å². The molecule has 3 heterocycles. The molecule has 2 aromatic rings. The number of aromatic nitrogens is 3. The van der Waals surface area contributed by atoms with Gasteiger partial charge in [-0.05, 0) is 50.0 Å². The molecule has 1 aliphatic carbocycles. The smallest absolute Gasteiger partial charge is 0.233 e. The molecule has 1 amide bonds. The number of carbonyl (C=O) groups excluding carboxylic acids is 1. The number of nitrogens with zero attached hydrogens (tertiary/aromatic N) is 4. The Morgan fingerprint density at radius 3 is 2.76 bits per heavy atom. The average molecular weight is 433 g/mol. The van der Waals surface area contributed by atoms with Crippen LogP contribution in [0.2, 0.25) is 0 Å². The zero-order valence-electron chi connectivity index (χ0n) is 17.4. The predicted octanol–water partition coefficient (Wildman–Crippen LogP) is 5.32. The Labute approximate surface area is 182 Å². The maximum absolute atomic E-state index is 12.9. The van der Waals surface area contributed by atoms with Gasteiger partial charge in [0, 0.05) is 29.9 Å². The molecule has 29 heavy (non-hydrogen) atoms. The van der Waals surface area contributed by atoms with Gasteiger partial charge in [0.1, 0.15) is 5.82 Å². The molecule has 0 bridgehead atoms. The Bertz CT molecular complexity index is 783. The van der Waals surface area contributed by atoms with Crippen molar-refractivity contribution in [1.29, 1.82) is 0 Å². The lowest BCUT2D eigenvalue weighted by atomic mass is 9.95. The molecular weight excluding hydrogens is 400 g/mol. The van der Waals surface area contributed by atoms with Gasteiger partial charge in [-0.1, -0.05) is 44.0 Å². The van der Waals surface area contributed by atoms with Gasteiger partial charge < -0.3 is 9.47 Å². The number of piperidine rings is 1. The van der Waals surface area contributed by atoms with Crippen molar-refractivity contribution >= 4 is 29.0 Å². The molecule has 1 saturated heterocycles. The molecule has 1 atom stereocenters. The third kappa shape index (κ3) is 5.05. The molecule has 2 aliphatic rings. The second-order valence-corrected chi connectivity index (χ2v) is 10.2. The van der Waals surface area contributed by atoms with Gasteiger partial charge >= 0.3 is 0 Å². The molecule has 0 aromatic carbocycles. The molecule has 5 nitrogen and oxygen atoms in total. The van der Waals surface area contributed by atoms with Gasteiger partial charge in [-0.15, -0.1) is 21.5 Å². The Morgan fingerprint density at radius 1 is 1.17 bits per heavy atom. The number of hydrogen-bond acceptors (Lipinski definition) is 5. The quantitative estimate of drug-likeness (QED) is 0.556.